The maximum absolute atomic E-state index is 11.6. The molecule has 5 aromatic carbocycles. The number of hydrogen-bond donors (Lipinski definition) is 4. The molecule has 38 heavy (non-hydrogen) atoms. The number of hydrogen-bond acceptors (Lipinski definition) is 7. The number of aryl methyl sites for hydroxylation is 2. The molecule has 0 fully saturated rings. The van der Waals surface area contributed by atoms with Gasteiger partial charge >= 0.3 is 0 Å². The molecule has 0 aliphatic heterocycles. The van der Waals surface area contributed by atoms with Gasteiger partial charge in [-0.05, 0) is 59.9 Å². The Bertz CT molecular complexity index is 1770. The molecule has 5 aromatic rings. The predicted molar refractivity (Wildman–Crippen MR) is 146 cm³/mol. The summed E-state index contributed by atoms with van der Waals surface area (Å²) in [5.74, 6) is 1.44. The summed E-state index contributed by atoms with van der Waals surface area (Å²) in [7, 11) is 4.61. The van der Waals surface area contributed by atoms with Crippen molar-refractivity contribution in [2.45, 2.75) is 12.8 Å². The van der Waals surface area contributed by atoms with Gasteiger partial charge in [0, 0.05) is 50.4 Å². The van der Waals surface area contributed by atoms with E-state index < -0.39 is 0 Å². The number of phenols is 4. The number of phenolic OH excluding ortho intramolecular Hbond substituents is 4. The topological polar surface area (TPSA) is 109 Å². The van der Waals surface area contributed by atoms with Crippen LogP contribution in [0.3, 0.4) is 0 Å². The third kappa shape index (κ3) is 3.35. The molecule has 0 atom stereocenters. The van der Waals surface area contributed by atoms with E-state index in [1.54, 1.807) is 55.6 Å². The summed E-state index contributed by atoms with van der Waals surface area (Å²) in [6, 6.07) is 15.3. The highest BCUT2D eigenvalue weighted by Crippen LogP contribution is 2.53. The average Bonchev–Trinajstić information content (AvgIpc) is 2.92. The number of rotatable bonds is 4. The van der Waals surface area contributed by atoms with Crippen molar-refractivity contribution in [3.8, 4) is 62.5 Å². The number of ether oxygens (including phenoxy) is 3. The van der Waals surface area contributed by atoms with E-state index in [0.717, 1.165) is 16.7 Å². The first-order valence-corrected chi connectivity index (χ1v) is 12.1. The standard InChI is InChI=1S/C31H26O7/c1-36-17-9-16-8-7-15-10-24(33)21(14-20(15)27(16)25(34)12-17)28-22-11-18(37-2)13-26(38-3)30(22)29-19(31(28)35)5-4-6-23(29)32/h4-6,9-14,32-35H,7-8H2,1-3H3. The largest absolute Gasteiger partial charge is 0.507 e. The number of aromatic hydroxyl groups is 4. The van der Waals surface area contributed by atoms with Gasteiger partial charge < -0.3 is 34.6 Å². The van der Waals surface area contributed by atoms with Gasteiger partial charge in [-0.15, -0.1) is 0 Å². The zero-order valence-corrected chi connectivity index (χ0v) is 21.1. The lowest BCUT2D eigenvalue weighted by atomic mass is 9.82. The molecule has 7 nitrogen and oxygen atoms in total. The predicted octanol–water partition coefficient (Wildman–Crippen LogP) is 6.27. The van der Waals surface area contributed by atoms with Gasteiger partial charge in [-0.1, -0.05) is 12.1 Å². The Morgan fingerprint density at radius 3 is 2.05 bits per heavy atom. The number of methoxy groups -OCH3 is 3. The number of fused-ring (bicyclic) bond motifs is 6. The smallest absolute Gasteiger partial charge is 0.132 e. The van der Waals surface area contributed by atoms with Gasteiger partial charge in [0.25, 0.3) is 0 Å². The van der Waals surface area contributed by atoms with Crippen LogP contribution in [0.4, 0.5) is 0 Å². The van der Waals surface area contributed by atoms with Crippen LogP contribution in [0, 0.1) is 0 Å². The van der Waals surface area contributed by atoms with Crippen LogP contribution in [0.1, 0.15) is 11.1 Å². The lowest BCUT2D eigenvalue weighted by Gasteiger charge is -2.24. The summed E-state index contributed by atoms with van der Waals surface area (Å²) in [5, 5.41) is 46.6. The van der Waals surface area contributed by atoms with Gasteiger partial charge in [-0.2, -0.15) is 0 Å². The average molecular weight is 511 g/mol. The first-order valence-electron chi connectivity index (χ1n) is 12.1. The minimum Gasteiger partial charge on any atom is -0.507 e. The molecule has 0 amide bonds. The molecule has 1 aliphatic rings. The van der Waals surface area contributed by atoms with E-state index in [4.69, 9.17) is 14.2 Å². The second-order valence-electron chi connectivity index (χ2n) is 9.38. The van der Waals surface area contributed by atoms with Crippen molar-refractivity contribution in [1.29, 1.82) is 0 Å². The zero-order chi connectivity index (χ0) is 26.7. The fourth-order valence-electron chi connectivity index (χ4n) is 5.68. The molecule has 6 rings (SSSR count). The van der Waals surface area contributed by atoms with Crippen molar-refractivity contribution in [3.05, 3.63) is 65.7 Å². The first-order chi connectivity index (χ1) is 18.4. The fraction of sp³-hybridized carbons (Fsp3) is 0.161. The summed E-state index contributed by atoms with van der Waals surface area (Å²) in [4.78, 5) is 0. The molecule has 0 radical (unpaired) electrons. The van der Waals surface area contributed by atoms with Crippen LogP contribution in [0.15, 0.2) is 54.6 Å². The SMILES string of the molecule is COc1cc(O)c2c(c1)CCc1cc(O)c(-c3c(O)c4cccc(O)c4c4c(OC)cc(OC)cc34)cc1-2. The second-order valence-corrected chi connectivity index (χ2v) is 9.38. The van der Waals surface area contributed by atoms with E-state index in [9.17, 15) is 20.4 Å². The molecule has 0 spiro atoms. The fourth-order valence-corrected chi connectivity index (χ4v) is 5.68. The maximum Gasteiger partial charge on any atom is 0.132 e. The summed E-state index contributed by atoms with van der Waals surface area (Å²) in [6.45, 7) is 0. The van der Waals surface area contributed by atoms with Crippen molar-refractivity contribution in [1.82, 2.24) is 0 Å². The van der Waals surface area contributed by atoms with E-state index in [-0.39, 0.29) is 23.0 Å². The molecule has 7 heteroatoms. The van der Waals surface area contributed by atoms with Gasteiger partial charge in [-0.3, -0.25) is 0 Å². The second kappa shape index (κ2) is 8.66. The van der Waals surface area contributed by atoms with E-state index in [2.05, 4.69) is 0 Å². The molecular formula is C31H26O7. The summed E-state index contributed by atoms with van der Waals surface area (Å²) >= 11 is 0. The maximum atomic E-state index is 11.6. The minimum atomic E-state index is -0.107. The molecule has 0 unspecified atom stereocenters. The summed E-state index contributed by atoms with van der Waals surface area (Å²) in [5.41, 5.74) is 3.98. The van der Waals surface area contributed by atoms with Gasteiger partial charge in [0.1, 0.15) is 40.2 Å². The lowest BCUT2D eigenvalue weighted by molar-refractivity contribution is 0.398. The van der Waals surface area contributed by atoms with Crippen LogP contribution in [0.2, 0.25) is 0 Å². The molecule has 1 aliphatic carbocycles. The highest BCUT2D eigenvalue weighted by atomic mass is 16.5. The highest BCUT2D eigenvalue weighted by molar-refractivity contribution is 6.22. The van der Waals surface area contributed by atoms with Crippen molar-refractivity contribution >= 4 is 21.5 Å². The van der Waals surface area contributed by atoms with Gasteiger partial charge in [-0.25, -0.2) is 0 Å². The van der Waals surface area contributed by atoms with Crippen LogP contribution in [-0.2, 0) is 12.8 Å². The van der Waals surface area contributed by atoms with Crippen LogP contribution >= 0.6 is 0 Å². The van der Waals surface area contributed by atoms with E-state index in [1.807, 2.05) is 6.07 Å². The molecule has 192 valence electrons. The molecule has 0 saturated heterocycles. The van der Waals surface area contributed by atoms with E-state index in [0.29, 0.717) is 68.3 Å². The Hall–Kier alpha value is -4.78. The molecule has 0 saturated carbocycles. The van der Waals surface area contributed by atoms with Crippen molar-refractivity contribution in [3.63, 3.8) is 0 Å². The Morgan fingerprint density at radius 1 is 0.579 bits per heavy atom. The summed E-state index contributed by atoms with van der Waals surface area (Å²) < 4.78 is 16.5. The first kappa shape index (κ1) is 23.6. The third-order valence-corrected chi connectivity index (χ3v) is 7.42. The summed E-state index contributed by atoms with van der Waals surface area (Å²) in [6.07, 6.45) is 1.35. The van der Waals surface area contributed by atoms with E-state index >= 15 is 0 Å². The molecule has 0 bridgehead atoms. The normalized spacial score (nSPS) is 12.3. The van der Waals surface area contributed by atoms with Crippen molar-refractivity contribution < 1.29 is 34.6 Å². The lowest BCUT2D eigenvalue weighted by Crippen LogP contribution is -2.05. The minimum absolute atomic E-state index is 0.0136. The van der Waals surface area contributed by atoms with E-state index in [1.165, 1.54) is 14.2 Å². The molecule has 0 heterocycles. The highest BCUT2D eigenvalue weighted by Gasteiger charge is 2.27. The van der Waals surface area contributed by atoms with Crippen LogP contribution in [0.25, 0.3) is 43.8 Å². The quantitative estimate of drug-likeness (QED) is 0.211. The Balaban J connectivity index is 1.75. The van der Waals surface area contributed by atoms with Crippen LogP contribution in [0.5, 0.6) is 40.2 Å². The van der Waals surface area contributed by atoms with Crippen LogP contribution < -0.4 is 14.2 Å². The van der Waals surface area contributed by atoms with Gasteiger partial charge in [0.2, 0.25) is 0 Å². The van der Waals surface area contributed by atoms with Crippen molar-refractivity contribution in [2.75, 3.05) is 21.3 Å². The Labute approximate surface area is 218 Å². The van der Waals surface area contributed by atoms with Gasteiger partial charge in [0.15, 0.2) is 0 Å². The Kier molecular flexibility index (Phi) is 5.38. The Morgan fingerprint density at radius 2 is 1.32 bits per heavy atom. The third-order valence-electron chi connectivity index (χ3n) is 7.42. The van der Waals surface area contributed by atoms with Crippen LogP contribution in [-0.4, -0.2) is 41.8 Å². The zero-order valence-electron chi connectivity index (χ0n) is 21.1. The van der Waals surface area contributed by atoms with Gasteiger partial charge in [0.05, 0.1) is 21.3 Å². The molecule has 4 N–H and O–H groups in total. The monoisotopic (exact) mass is 510 g/mol. The molecule has 0 aromatic heterocycles. The van der Waals surface area contributed by atoms with Crippen molar-refractivity contribution in [2.24, 2.45) is 0 Å². The number of benzene rings is 5. The molecular weight excluding hydrogens is 484 g/mol.